The second-order valence-corrected chi connectivity index (χ2v) is 5.46. The molecule has 1 aromatic heterocycles. The summed E-state index contributed by atoms with van der Waals surface area (Å²) in [5, 5.41) is 5.75. The second-order valence-electron chi connectivity index (χ2n) is 5.46. The Bertz CT molecular complexity index is 494. The lowest BCUT2D eigenvalue weighted by Crippen LogP contribution is -2.30. The zero-order valence-electron chi connectivity index (χ0n) is 12.6. The minimum Gasteiger partial charge on any atom is -0.365 e. The van der Waals surface area contributed by atoms with Gasteiger partial charge in [-0.15, -0.1) is 0 Å². The van der Waals surface area contributed by atoms with Crippen LogP contribution in [0.1, 0.15) is 40.2 Å². The van der Waals surface area contributed by atoms with Gasteiger partial charge in [-0.3, -0.25) is 9.59 Å². The minimum absolute atomic E-state index is 0.0219. The largest absolute Gasteiger partial charge is 0.365 e. The van der Waals surface area contributed by atoms with Gasteiger partial charge in [-0.2, -0.15) is 0 Å². The van der Waals surface area contributed by atoms with Crippen molar-refractivity contribution in [3.05, 3.63) is 22.7 Å². The molecule has 1 aromatic rings. The predicted octanol–water partition coefficient (Wildman–Crippen LogP) is 1.40. The van der Waals surface area contributed by atoms with Gasteiger partial charge in [0.2, 0.25) is 5.91 Å². The van der Waals surface area contributed by atoms with Gasteiger partial charge in [-0.25, -0.2) is 4.98 Å². The van der Waals surface area contributed by atoms with Crippen molar-refractivity contribution in [2.75, 3.05) is 18.4 Å². The minimum atomic E-state index is -0.162. The highest BCUT2D eigenvalue weighted by Crippen LogP contribution is 2.01. The van der Waals surface area contributed by atoms with Crippen LogP contribution < -0.4 is 16.2 Å². The Labute approximate surface area is 119 Å². The molecule has 6 nitrogen and oxygen atoms in total. The molecule has 0 spiro atoms. The topological polar surface area (TPSA) is 76.0 Å². The molecule has 112 valence electrons. The van der Waals surface area contributed by atoms with Crippen LogP contribution in [0.15, 0.2) is 17.2 Å². The zero-order chi connectivity index (χ0) is 15.1. The number of carbonyl (C=O) groups excluding carboxylic acids is 1. The van der Waals surface area contributed by atoms with E-state index in [1.807, 2.05) is 27.7 Å². The van der Waals surface area contributed by atoms with Crippen LogP contribution in [0.25, 0.3) is 0 Å². The molecule has 0 aliphatic carbocycles. The lowest BCUT2D eigenvalue weighted by Gasteiger charge is -2.12. The van der Waals surface area contributed by atoms with Crippen molar-refractivity contribution in [2.24, 2.45) is 5.92 Å². The van der Waals surface area contributed by atoms with E-state index >= 15 is 0 Å². The SMILES string of the molecule is CC(C)CNC(=O)CCNc1nccn(C(C)C)c1=O. The predicted molar refractivity (Wildman–Crippen MR) is 79.8 cm³/mol. The summed E-state index contributed by atoms with van der Waals surface area (Å²) >= 11 is 0. The molecule has 0 unspecified atom stereocenters. The van der Waals surface area contributed by atoms with Crippen LogP contribution in [0.4, 0.5) is 5.82 Å². The van der Waals surface area contributed by atoms with E-state index in [-0.39, 0.29) is 23.3 Å². The summed E-state index contributed by atoms with van der Waals surface area (Å²) in [6, 6.07) is 0.0837. The summed E-state index contributed by atoms with van der Waals surface area (Å²) < 4.78 is 1.61. The molecule has 0 aliphatic rings. The van der Waals surface area contributed by atoms with Crippen molar-refractivity contribution in [1.29, 1.82) is 0 Å². The van der Waals surface area contributed by atoms with Crippen molar-refractivity contribution in [3.63, 3.8) is 0 Å². The molecule has 0 radical (unpaired) electrons. The van der Waals surface area contributed by atoms with E-state index in [1.54, 1.807) is 17.0 Å². The third-order valence-electron chi connectivity index (χ3n) is 2.78. The highest BCUT2D eigenvalue weighted by Gasteiger charge is 2.07. The van der Waals surface area contributed by atoms with Gasteiger partial charge in [0.05, 0.1) is 0 Å². The maximum absolute atomic E-state index is 12.0. The van der Waals surface area contributed by atoms with Gasteiger partial charge in [0.1, 0.15) is 0 Å². The average Bonchev–Trinajstić information content (AvgIpc) is 2.38. The molecule has 0 atom stereocenters. The Balaban J connectivity index is 2.49. The molecule has 0 saturated heterocycles. The Morgan fingerprint density at radius 3 is 2.65 bits per heavy atom. The molecular formula is C14H24N4O2. The number of anilines is 1. The first-order chi connectivity index (χ1) is 9.41. The number of rotatable bonds is 7. The maximum atomic E-state index is 12.0. The number of nitrogens with zero attached hydrogens (tertiary/aromatic N) is 2. The summed E-state index contributed by atoms with van der Waals surface area (Å²) in [5.41, 5.74) is -0.162. The molecule has 2 N–H and O–H groups in total. The molecule has 0 saturated carbocycles. The van der Waals surface area contributed by atoms with E-state index in [0.29, 0.717) is 25.4 Å². The number of hydrogen-bond donors (Lipinski definition) is 2. The van der Waals surface area contributed by atoms with Gasteiger partial charge in [0.25, 0.3) is 5.56 Å². The summed E-state index contributed by atoms with van der Waals surface area (Å²) in [5.74, 6) is 0.699. The number of aromatic nitrogens is 2. The van der Waals surface area contributed by atoms with E-state index in [1.165, 1.54) is 0 Å². The average molecular weight is 280 g/mol. The van der Waals surface area contributed by atoms with Crippen LogP contribution in [-0.4, -0.2) is 28.5 Å². The first-order valence-electron chi connectivity index (χ1n) is 6.99. The standard InChI is InChI=1S/C14H24N4O2/c1-10(2)9-17-12(19)5-6-15-13-14(20)18(11(3)4)8-7-16-13/h7-8,10-11H,5-6,9H2,1-4H3,(H,15,16)(H,17,19). The van der Waals surface area contributed by atoms with E-state index in [2.05, 4.69) is 15.6 Å². The van der Waals surface area contributed by atoms with E-state index in [0.717, 1.165) is 0 Å². The summed E-state index contributed by atoms with van der Waals surface area (Å²) in [6.45, 7) is 9.02. The highest BCUT2D eigenvalue weighted by molar-refractivity contribution is 5.76. The lowest BCUT2D eigenvalue weighted by atomic mass is 10.2. The maximum Gasteiger partial charge on any atom is 0.293 e. The zero-order valence-corrected chi connectivity index (χ0v) is 12.6. The Morgan fingerprint density at radius 2 is 2.05 bits per heavy atom. The monoisotopic (exact) mass is 280 g/mol. The molecule has 0 fully saturated rings. The van der Waals surface area contributed by atoms with Crippen molar-refractivity contribution < 1.29 is 4.79 Å². The number of nitrogens with one attached hydrogen (secondary N) is 2. The van der Waals surface area contributed by atoms with Crippen LogP contribution >= 0.6 is 0 Å². The van der Waals surface area contributed by atoms with Gasteiger partial charge >= 0.3 is 0 Å². The van der Waals surface area contributed by atoms with Gasteiger partial charge in [-0.1, -0.05) is 13.8 Å². The van der Waals surface area contributed by atoms with Crippen LogP contribution in [0, 0.1) is 5.92 Å². The Morgan fingerprint density at radius 1 is 1.35 bits per heavy atom. The molecular weight excluding hydrogens is 256 g/mol. The third-order valence-corrected chi connectivity index (χ3v) is 2.78. The van der Waals surface area contributed by atoms with Crippen LogP contribution in [0.3, 0.4) is 0 Å². The van der Waals surface area contributed by atoms with Crippen molar-refractivity contribution in [1.82, 2.24) is 14.9 Å². The summed E-state index contributed by atoms with van der Waals surface area (Å²) in [4.78, 5) is 27.6. The molecule has 20 heavy (non-hydrogen) atoms. The summed E-state index contributed by atoms with van der Waals surface area (Å²) in [7, 11) is 0. The van der Waals surface area contributed by atoms with Crippen LogP contribution in [0.2, 0.25) is 0 Å². The number of amides is 1. The lowest BCUT2D eigenvalue weighted by molar-refractivity contribution is -0.120. The molecule has 1 amide bonds. The fraction of sp³-hybridized carbons (Fsp3) is 0.643. The van der Waals surface area contributed by atoms with E-state index < -0.39 is 0 Å². The van der Waals surface area contributed by atoms with Crippen LogP contribution in [-0.2, 0) is 4.79 Å². The van der Waals surface area contributed by atoms with Gasteiger partial charge in [0, 0.05) is 37.9 Å². The fourth-order valence-corrected chi connectivity index (χ4v) is 1.65. The normalized spacial score (nSPS) is 10.9. The van der Waals surface area contributed by atoms with Crippen LogP contribution in [0.5, 0.6) is 0 Å². The highest BCUT2D eigenvalue weighted by atomic mass is 16.1. The molecule has 0 aliphatic heterocycles. The van der Waals surface area contributed by atoms with Crippen molar-refractivity contribution in [3.8, 4) is 0 Å². The molecule has 0 aromatic carbocycles. The van der Waals surface area contributed by atoms with E-state index in [9.17, 15) is 9.59 Å². The quantitative estimate of drug-likeness (QED) is 0.791. The molecule has 6 heteroatoms. The van der Waals surface area contributed by atoms with Gasteiger partial charge in [-0.05, 0) is 19.8 Å². The van der Waals surface area contributed by atoms with E-state index in [4.69, 9.17) is 0 Å². The van der Waals surface area contributed by atoms with Gasteiger partial charge < -0.3 is 15.2 Å². The molecule has 1 rings (SSSR count). The smallest absolute Gasteiger partial charge is 0.293 e. The first kappa shape index (κ1) is 16.2. The Kier molecular flexibility index (Phi) is 6.21. The Hall–Kier alpha value is -1.85. The first-order valence-corrected chi connectivity index (χ1v) is 6.99. The molecule has 1 heterocycles. The number of carbonyl (C=O) groups is 1. The third kappa shape index (κ3) is 5.03. The summed E-state index contributed by atoms with van der Waals surface area (Å²) in [6.07, 6.45) is 3.57. The van der Waals surface area contributed by atoms with Crippen molar-refractivity contribution >= 4 is 11.7 Å². The number of hydrogen-bond acceptors (Lipinski definition) is 4. The van der Waals surface area contributed by atoms with Crippen molar-refractivity contribution in [2.45, 2.75) is 40.2 Å². The van der Waals surface area contributed by atoms with Gasteiger partial charge in [0.15, 0.2) is 5.82 Å². The molecule has 0 bridgehead atoms. The fourth-order valence-electron chi connectivity index (χ4n) is 1.65. The second kappa shape index (κ2) is 7.67.